The van der Waals surface area contributed by atoms with E-state index in [1.165, 1.54) is 10.4 Å². The molecule has 0 aliphatic heterocycles. The number of thiazole rings is 1. The van der Waals surface area contributed by atoms with Crippen LogP contribution in [0.4, 0.5) is 0 Å². The van der Waals surface area contributed by atoms with Crippen molar-refractivity contribution in [1.82, 2.24) is 20.2 Å². The summed E-state index contributed by atoms with van der Waals surface area (Å²) in [4.78, 5) is 5.30. The van der Waals surface area contributed by atoms with Gasteiger partial charge in [0.25, 0.3) is 0 Å². The first kappa shape index (κ1) is 12.2. The zero-order valence-electron chi connectivity index (χ0n) is 10.1. The van der Waals surface area contributed by atoms with Gasteiger partial charge in [0.05, 0.1) is 17.2 Å². The summed E-state index contributed by atoms with van der Waals surface area (Å²) in [5.41, 5.74) is 6.98. The lowest BCUT2D eigenvalue weighted by atomic mass is 10.0. The van der Waals surface area contributed by atoms with Crippen LogP contribution in [0.15, 0.2) is 17.9 Å². The fraction of sp³-hybridized carbons (Fsp3) is 0.455. The minimum absolute atomic E-state index is 0.0964. The van der Waals surface area contributed by atoms with Gasteiger partial charge in [-0.25, -0.2) is 0 Å². The Morgan fingerprint density at radius 2 is 2.41 bits per heavy atom. The molecule has 0 aliphatic carbocycles. The molecular formula is C11H17N5S. The molecule has 3 N–H and O–H groups in total. The lowest BCUT2D eigenvalue weighted by Gasteiger charge is -2.14. The number of aryl methyl sites for hydroxylation is 2. The number of aromatic nitrogens is 3. The van der Waals surface area contributed by atoms with Crippen molar-refractivity contribution in [3.63, 3.8) is 0 Å². The number of nitrogens with zero attached hydrogens (tertiary/aromatic N) is 3. The summed E-state index contributed by atoms with van der Waals surface area (Å²) in [6.07, 6.45) is 5.68. The van der Waals surface area contributed by atoms with Crippen molar-refractivity contribution in [3.8, 4) is 0 Å². The smallest absolute Gasteiger partial charge is 0.0794 e. The van der Waals surface area contributed by atoms with E-state index in [0.29, 0.717) is 0 Å². The first-order valence-corrected chi connectivity index (χ1v) is 6.48. The standard InChI is InChI=1S/C11H17N5S/c1-3-10-9(6-16(2)15-10)11(14-12)4-8-5-13-7-17-8/h5-7,11,14H,3-4,12H2,1-2H3. The third kappa shape index (κ3) is 2.71. The van der Waals surface area contributed by atoms with Crippen LogP contribution in [0.1, 0.15) is 29.1 Å². The summed E-state index contributed by atoms with van der Waals surface area (Å²) in [7, 11) is 1.93. The summed E-state index contributed by atoms with van der Waals surface area (Å²) < 4.78 is 1.84. The largest absolute Gasteiger partial charge is 0.275 e. The summed E-state index contributed by atoms with van der Waals surface area (Å²) in [6.45, 7) is 2.10. The molecule has 0 aliphatic rings. The van der Waals surface area contributed by atoms with Crippen molar-refractivity contribution in [2.45, 2.75) is 25.8 Å². The van der Waals surface area contributed by atoms with E-state index in [-0.39, 0.29) is 6.04 Å². The molecule has 0 spiro atoms. The van der Waals surface area contributed by atoms with Crippen molar-refractivity contribution < 1.29 is 0 Å². The van der Waals surface area contributed by atoms with Gasteiger partial charge < -0.3 is 0 Å². The van der Waals surface area contributed by atoms with Crippen LogP contribution >= 0.6 is 11.3 Å². The molecule has 2 aromatic rings. The number of hydrogen-bond donors (Lipinski definition) is 2. The van der Waals surface area contributed by atoms with E-state index in [2.05, 4.69) is 22.4 Å². The van der Waals surface area contributed by atoms with Gasteiger partial charge in [-0.1, -0.05) is 6.92 Å². The highest BCUT2D eigenvalue weighted by Crippen LogP contribution is 2.22. The fourth-order valence-corrected chi connectivity index (χ4v) is 2.56. The van der Waals surface area contributed by atoms with Crippen molar-refractivity contribution in [3.05, 3.63) is 34.0 Å². The maximum absolute atomic E-state index is 5.65. The van der Waals surface area contributed by atoms with Gasteiger partial charge in [0.2, 0.25) is 0 Å². The zero-order chi connectivity index (χ0) is 12.3. The normalized spacial score (nSPS) is 12.9. The van der Waals surface area contributed by atoms with E-state index in [0.717, 1.165) is 18.5 Å². The quantitative estimate of drug-likeness (QED) is 0.618. The number of hydrazine groups is 1. The Labute approximate surface area is 105 Å². The minimum atomic E-state index is 0.0964. The van der Waals surface area contributed by atoms with Crippen molar-refractivity contribution in [1.29, 1.82) is 0 Å². The van der Waals surface area contributed by atoms with Gasteiger partial charge in [-0.3, -0.25) is 20.9 Å². The van der Waals surface area contributed by atoms with Gasteiger partial charge in [0, 0.05) is 36.3 Å². The molecule has 17 heavy (non-hydrogen) atoms. The Bertz CT molecular complexity index is 462. The van der Waals surface area contributed by atoms with Crippen molar-refractivity contribution >= 4 is 11.3 Å². The Morgan fingerprint density at radius 1 is 1.59 bits per heavy atom. The van der Waals surface area contributed by atoms with Gasteiger partial charge in [0.1, 0.15) is 0 Å². The predicted molar refractivity (Wildman–Crippen MR) is 68.5 cm³/mol. The molecule has 0 saturated heterocycles. The molecule has 92 valence electrons. The lowest BCUT2D eigenvalue weighted by Crippen LogP contribution is -2.29. The molecule has 0 saturated carbocycles. The molecule has 0 aromatic carbocycles. The van der Waals surface area contributed by atoms with Crippen LogP contribution in [0.2, 0.25) is 0 Å². The summed E-state index contributed by atoms with van der Waals surface area (Å²) in [5.74, 6) is 5.65. The number of nitrogens with one attached hydrogen (secondary N) is 1. The van der Waals surface area contributed by atoms with Gasteiger partial charge in [-0.15, -0.1) is 11.3 Å². The van der Waals surface area contributed by atoms with E-state index in [1.54, 1.807) is 11.3 Å². The number of nitrogens with two attached hydrogens (primary N) is 1. The zero-order valence-corrected chi connectivity index (χ0v) is 10.9. The maximum Gasteiger partial charge on any atom is 0.0794 e. The highest BCUT2D eigenvalue weighted by molar-refractivity contribution is 7.09. The monoisotopic (exact) mass is 251 g/mol. The van der Waals surface area contributed by atoms with Gasteiger partial charge in [-0.2, -0.15) is 5.10 Å². The predicted octanol–water partition coefficient (Wildman–Crippen LogP) is 1.19. The fourth-order valence-electron chi connectivity index (χ4n) is 1.92. The second kappa shape index (κ2) is 5.39. The maximum atomic E-state index is 5.65. The molecule has 5 nitrogen and oxygen atoms in total. The Balaban J connectivity index is 2.22. The molecule has 2 rings (SSSR count). The van der Waals surface area contributed by atoms with Crippen LogP contribution in [0.3, 0.4) is 0 Å². The van der Waals surface area contributed by atoms with E-state index in [9.17, 15) is 0 Å². The van der Waals surface area contributed by atoms with Crippen LogP contribution in [-0.4, -0.2) is 14.8 Å². The second-order valence-electron chi connectivity index (χ2n) is 3.95. The third-order valence-corrected chi connectivity index (χ3v) is 3.54. The summed E-state index contributed by atoms with van der Waals surface area (Å²) in [6, 6.07) is 0.0964. The van der Waals surface area contributed by atoms with E-state index in [1.807, 2.05) is 29.6 Å². The van der Waals surface area contributed by atoms with Crippen LogP contribution in [0.25, 0.3) is 0 Å². The molecule has 1 atom stereocenters. The van der Waals surface area contributed by atoms with E-state index in [4.69, 9.17) is 5.84 Å². The third-order valence-electron chi connectivity index (χ3n) is 2.74. The van der Waals surface area contributed by atoms with Gasteiger partial charge in [0.15, 0.2) is 0 Å². The summed E-state index contributed by atoms with van der Waals surface area (Å²) in [5, 5.41) is 4.44. The summed E-state index contributed by atoms with van der Waals surface area (Å²) >= 11 is 1.65. The minimum Gasteiger partial charge on any atom is -0.275 e. The van der Waals surface area contributed by atoms with Gasteiger partial charge in [-0.05, 0) is 6.42 Å². The number of hydrogen-bond acceptors (Lipinski definition) is 5. The Hall–Kier alpha value is -1.24. The topological polar surface area (TPSA) is 68.8 Å². The highest BCUT2D eigenvalue weighted by atomic mass is 32.1. The number of rotatable bonds is 5. The van der Waals surface area contributed by atoms with Crippen LogP contribution in [-0.2, 0) is 19.9 Å². The lowest BCUT2D eigenvalue weighted by molar-refractivity contribution is 0.551. The Kier molecular flexibility index (Phi) is 3.88. The molecular weight excluding hydrogens is 234 g/mol. The van der Waals surface area contributed by atoms with Crippen LogP contribution in [0, 0.1) is 0 Å². The molecule has 6 heteroatoms. The SMILES string of the molecule is CCc1nn(C)cc1C(Cc1cncs1)NN. The molecule has 0 radical (unpaired) electrons. The molecule has 0 fully saturated rings. The van der Waals surface area contributed by atoms with Crippen LogP contribution in [0.5, 0.6) is 0 Å². The van der Waals surface area contributed by atoms with Crippen LogP contribution < -0.4 is 11.3 Å². The molecule has 0 bridgehead atoms. The van der Waals surface area contributed by atoms with E-state index < -0.39 is 0 Å². The van der Waals surface area contributed by atoms with E-state index >= 15 is 0 Å². The first-order chi connectivity index (χ1) is 8.24. The molecule has 2 aromatic heterocycles. The average Bonchev–Trinajstić information content (AvgIpc) is 2.94. The molecule has 0 amide bonds. The van der Waals surface area contributed by atoms with Crippen molar-refractivity contribution in [2.24, 2.45) is 12.9 Å². The molecule has 1 unspecified atom stereocenters. The van der Waals surface area contributed by atoms with Gasteiger partial charge >= 0.3 is 0 Å². The second-order valence-corrected chi connectivity index (χ2v) is 4.92. The average molecular weight is 251 g/mol. The first-order valence-electron chi connectivity index (χ1n) is 5.60. The highest BCUT2D eigenvalue weighted by Gasteiger charge is 2.17. The molecule has 2 heterocycles. The van der Waals surface area contributed by atoms with Crippen molar-refractivity contribution in [2.75, 3.05) is 0 Å². The Morgan fingerprint density at radius 3 is 3.00 bits per heavy atom.